The molecule has 1 nitrogen and oxygen atoms in total. The monoisotopic (exact) mass is 166 g/mol. The van der Waals surface area contributed by atoms with Gasteiger partial charge in [0.2, 0.25) is 0 Å². The number of allylic oxidation sites excluding steroid dienone is 1. The summed E-state index contributed by atoms with van der Waals surface area (Å²) in [6, 6.07) is 0. The lowest BCUT2D eigenvalue weighted by Gasteiger charge is -2.17. The summed E-state index contributed by atoms with van der Waals surface area (Å²) >= 11 is 0. The Morgan fingerprint density at radius 3 is 3.00 bits per heavy atom. The third-order valence-corrected chi connectivity index (χ3v) is 2.85. The fourth-order valence-corrected chi connectivity index (χ4v) is 2.01. The van der Waals surface area contributed by atoms with Crippen molar-refractivity contribution in [1.82, 2.24) is 0 Å². The van der Waals surface area contributed by atoms with Crippen molar-refractivity contribution in [3.63, 3.8) is 0 Å². The number of carbonyl (C=O) groups excluding carboxylic acids is 1. The summed E-state index contributed by atoms with van der Waals surface area (Å²) in [5.41, 5.74) is 0. The molecule has 12 heavy (non-hydrogen) atoms. The molecule has 1 saturated carbocycles. The number of rotatable bonds is 2. The first-order valence-corrected chi connectivity index (χ1v) is 4.89. The largest absolute Gasteiger partial charge is 0.299 e. The van der Waals surface area contributed by atoms with Crippen LogP contribution < -0.4 is 0 Å². The number of Topliss-reactive ketones (excluding diaryl/α,β-unsaturated/α-hetero) is 1. The molecule has 1 aliphatic rings. The quantitative estimate of drug-likeness (QED) is 0.455. The lowest BCUT2D eigenvalue weighted by atomic mass is 9.86. The van der Waals surface area contributed by atoms with Gasteiger partial charge in [-0.15, -0.1) is 6.58 Å². The second-order valence-corrected chi connectivity index (χ2v) is 3.82. The Hall–Kier alpha value is -0.590. The van der Waals surface area contributed by atoms with Crippen LogP contribution in [0.3, 0.4) is 0 Å². The zero-order valence-corrected chi connectivity index (χ0v) is 7.88. The molecule has 1 rings (SSSR count). The van der Waals surface area contributed by atoms with Crippen LogP contribution in [0.2, 0.25) is 0 Å². The highest BCUT2D eigenvalue weighted by atomic mass is 16.1. The van der Waals surface area contributed by atoms with E-state index in [-0.39, 0.29) is 5.92 Å². The van der Waals surface area contributed by atoms with Crippen molar-refractivity contribution in [3.8, 4) is 0 Å². The van der Waals surface area contributed by atoms with Gasteiger partial charge in [-0.25, -0.2) is 0 Å². The van der Waals surface area contributed by atoms with E-state index in [0.29, 0.717) is 11.7 Å². The second-order valence-electron chi connectivity index (χ2n) is 3.82. The molecule has 0 aromatic heterocycles. The Morgan fingerprint density at radius 2 is 2.33 bits per heavy atom. The van der Waals surface area contributed by atoms with Crippen LogP contribution in [-0.2, 0) is 4.79 Å². The molecule has 0 radical (unpaired) electrons. The Balaban J connectivity index is 2.60. The summed E-state index contributed by atoms with van der Waals surface area (Å²) in [4.78, 5) is 11.6. The topological polar surface area (TPSA) is 17.1 Å². The predicted octanol–water partition coefficient (Wildman–Crippen LogP) is 2.96. The number of carbonyl (C=O) groups is 1. The van der Waals surface area contributed by atoms with E-state index in [1.54, 1.807) is 0 Å². The molecular formula is C11H18O. The van der Waals surface area contributed by atoms with Gasteiger partial charge in [-0.3, -0.25) is 4.79 Å². The molecule has 0 saturated heterocycles. The highest BCUT2D eigenvalue weighted by molar-refractivity contribution is 5.81. The molecule has 1 aliphatic carbocycles. The van der Waals surface area contributed by atoms with E-state index in [0.717, 1.165) is 19.3 Å². The average molecular weight is 166 g/mol. The van der Waals surface area contributed by atoms with E-state index in [2.05, 4.69) is 13.5 Å². The van der Waals surface area contributed by atoms with Gasteiger partial charge in [0, 0.05) is 12.3 Å². The van der Waals surface area contributed by atoms with Gasteiger partial charge in [-0.05, 0) is 25.2 Å². The first kappa shape index (κ1) is 9.50. The fourth-order valence-electron chi connectivity index (χ4n) is 2.01. The summed E-state index contributed by atoms with van der Waals surface area (Å²) in [5, 5.41) is 0. The van der Waals surface area contributed by atoms with Crippen LogP contribution >= 0.6 is 0 Å². The van der Waals surface area contributed by atoms with Gasteiger partial charge in [-0.1, -0.05) is 19.4 Å². The zero-order chi connectivity index (χ0) is 8.97. The van der Waals surface area contributed by atoms with Crippen molar-refractivity contribution in [3.05, 3.63) is 12.7 Å². The molecule has 0 bridgehead atoms. The van der Waals surface area contributed by atoms with Crippen LogP contribution in [0.1, 0.15) is 39.0 Å². The molecule has 0 spiro atoms. The van der Waals surface area contributed by atoms with Crippen LogP contribution in [0.5, 0.6) is 0 Å². The van der Waals surface area contributed by atoms with Gasteiger partial charge >= 0.3 is 0 Å². The molecule has 0 aromatic carbocycles. The molecular weight excluding hydrogens is 148 g/mol. The highest BCUT2D eigenvalue weighted by Gasteiger charge is 2.25. The van der Waals surface area contributed by atoms with Crippen molar-refractivity contribution in [2.45, 2.75) is 39.0 Å². The van der Waals surface area contributed by atoms with E-state index < -0.39 is 0 Å². The molecule has 2 unspecified atom stereocenters. The van der Waals surface area contributed by atoms with Crippen molar-refractivity contribution in [2.75, 3.05) is 0 Å². The average Bonchev–Trinajstić information content (AvgIpc) is 2.19. The Bertz CT molecular complexity index is 172. The lowest BCUT2D eigenvalue weighted by molar-refractivity contribution is -0.123. The van der Waals surface area contributed by atoms with Crippen molar-refractivity contribution in [2.24, 2.45) is 11.8 Å². The third kappa shape index (κ3) is 2.20. The van der Waals surface area contributed by atoms with E-state index in [1.165, 1.54) is 12.8 Å². The minimum absolute atomic E-state index is 0.269. The van der Waals surface area contributed by atoms with Crippen LogP contribution in [0.25, 0.3) is 0 Å². The normalized spacial score (nSPS) is 31.2. The van der Waals surface area contributed by atoms with Crippen LogP contribution in [-0.4, -0.2) is 5.78 Å². The molecule has 0 aliphatic heterocycles. The van der Waals surface area contributed by atoms with Crippen LogP contribution in [0.4, 0.5) is 0 Å². The molecule has 0 N–H and O–H groups in total. The molecule has 1 heteroatoms. The van der Waals surface area contributed by atoms with Gasteiger partial charge in [0.1, 0.15) is 5.78 Å². The SMILES string of the molecule is C=CCC1C(=O)CCCCC1C. The van der Waals surface area contributed by atoms with Crippen molar-refractivity contribution in [1.29, 1.82) is 0 Å². The van der Waals surface area contributed by atoms with Gasteiger partial charge in [0.15, 0.2) is 0 Å². The minimum Gasteiger partial charge on any atom is -0.299 e. The fraction of sp³-hybridized carbons (Fsp3) is 0.727. The molecule has 1 fully saturated rings. The molecule has 0 aromatic rings. The summed E-state index contributed by atoms with van der Waals surface area (Å²) in [7, 11) is 0. The van der Waals surface area contributed by atoms with Gasteiger partial charge in [0.25, 0.3) is 0 Å². The Labute approximate surface area is 74.9 Å². The maximum Gasteiger partial charge on any atom is 0.136 e. The zero-order valence-electron chi connectivity index (χ0n) is 7.88. The number of hydrogen-bond acceptors (Lipinski definition) is 1. The highest BCUT2D eigenvalue weighted by Crippen LogP contribution is 2.28. The summed E-state index contributed by atoms with van der Waals surface area (Å²) in [5.74, 6) is 1.29. The maximum atomic E-state index is 11.6. The predicted molar refractivity (Wildman–Crippen MR) is 50.9 cm³/mol. The minimum atomic E-state index is 0.269. The summed E-state index contributed by atoms with van der Waals surface area (Å²) in [6.45, 7) is 5.89. The molecule has 68 valence electrons. The number of ketones is 1. The first-order chi connectivity index (χ1) is 5.75. The van der Waals surface area contributed by atoms with E-state index >= 15 is 0 Å². The summed E-state index contributed by atoms with van der Waals surface area (Å²) in [6.07, 6.45) is 7.08. The van der Waals surface area contributed by atoms with Gasteiger partial charge < -0.3 is 0 Å². The standard InChI is InChI=1S/C11H18O/c1-3-6-10-9(2)7-4-5-8-11(10)12/h3,9-10H,1,4-8H2,2H3. The van der Waals surface area contributed by atoms with Crippen molar-refractivity contribution >= 4 is 5.78 Å². The molecule has 0 amide bonds. The number of hydrogen-bond donors (Lipinski definition) is 0. The van der Waals surface area contributed by atoms with Crippen LogP contribution in [0, 0.1) is 11.8 Å². The summed E-state index contributed by atoms with van der Waals surface area (Å²) < 4.78 is 0. The van der Waals surface area contributed by atoms with E-state index in [1.807, 2.05) is 6.08 Å². The van der Waals surface area contributed by atoms with Crippen LogP contribution in [0.15, 0.2) is 12.7 Å². The van der Waals surface area contributed by atoms with Crippen molar-refractivity contribution < 1.29 is 4.79 Å². The van der Waals surface area contributed by atoms with Gasteiger partial charge in [0.05, 0.1) is 0 Å². The third-order valence-electron chi connectivity index (χ3n) is 2.85. The smallest absolute Gasteiger partial charge is 0.136 e. The van der Waals surface area contributed by atoms with E-state index in [9.17, 15) is 4.79 Å². The molecule has 2 atom stereocenters. The second kappa shape index (κ2) is 4.44. The van der Waals surface area contributed by atoms with E-state index in [4.69, 9.17) is 0 Å². The lowest BCUT2D eigenvalue weighted by Crippen LogP contribution is -2.18. The molecule has 0 heterocycles. The van der Waals surface area contributed by atoms with Gasteiger partial charge in [-0.2, -0.15) is 0 Å². The first-order valence-electron chi connectivity index (χ1n) is 4.89. The Morgan fingerprint density at radius 1 is 1.58 bits per heavy atom. The maximum absolute atomic E-state index is 11.6. The Kier molecular flexibility index (Phi) is 3.51.